The molecule has 3 aromatic rings. The van der Waals surface area contributed by atoms with E-state index in [4.69, 9.17) is 4.42 Å². The predicted molar refractivity (Wildman–Crippen MR) is 98.4 cm³/mol. The number of fused-ring (bicyclic) bond motifs is 1. The predicted octanol–water partition coefficient (Wildman–Crippen LogP) is 3.83. The summed E-state index contributed by atoms with van der Waals surface area (Å²) in [5.41, 5.74) is 2.09. The zero-order chi connectivity index (χ0) is 17.1. The van der Waals surface area contributed by atoms with Crippen LogP contribution < -0.4 is 5.32 Å². The summed E-state index contributed by atoms with van der Waals surface area (Å²) in [6.07, 6.45) is 1.94. The van der Waals surface area contributed by atoms with Gasteiger partial charge in [-0.2, -0.15) is 0 Å². The molecule has 1 aromatic heterocycles. The van der Waals surface area contributed by atoms with Crippen LogP contribution in [0.1, 0.15) is 29.0 Å². The number of likely N-dealkylation sites (tertiary alicyclic amines) is 1. The zero-order valence-corrected chi connectivity index (χ0v) is 14.2. The third kappa shape index (κ3) is 3.74. The van der Waals surface area contributed by atoms with Crippen LogP contribution in [0.3, 0.4) is 0 Å². The molecule has 25 heavy (non-hydrogen) atoms. The maximum Gasteiger partial charge on any atom is 0.287 e. The molecule has 1 saturated heterocycles. The van der Waals surface area contributed by atoms with Gasteiger partial charge >= 0.3 is 0 Å². The van der Waals surface area contributed by atoms with Crippen LogP contribution >= 0.6 is 0 Å². The van der Waals surface area contributed by atoms with Gasteiger partial charge < -0.3 is 9.73 Å². The number of amides is 1. The molecule has 4 nitrogen and oxygen atoms in total. The first-order valence-corrected chi connectivity index (χ1v) is 8.84. The molecule has 1 aliphatic rings. The third-order valence-electron chi connectivity index (χ3n) is 4.82. The molecule has 2 heterocycles. The molecule has 1 aliphatic heterocycles. The first kappa shape index (κ1) is 15.9. The molecule has 0 radical (unpaired) electrons. The normalized spacial score (nSPS) is 16.2. The second kappa shape index (κ2) is 7.11. The quantitative estimate of drug-likeness (QED) is 0.789. The number of hydrogen-bond acceptors (Lipinski definition) is 3. The maximum atomic E-state index is 12.4. The molecular formula is C21H22N2O2. The standard InChI is InChI=1S/C21H22N2O2/c24-21(20-14-17-8-4-5-9-19(17)25-20)22-18-10-12-23(13-11-18)15-16-6-2-1-3-7-16/h1-9,14,18H,10-13,15H2,(H,22,24). The number of furan rings is 1. The fourth-order valence-electron chi connectivity index (χ4n) is 3.43. The molecule has 0 atom stereocenters. The molecule has 1 amide bonds. The minimum absolute atomic E-state index is 0.113. The zero-order valence-electron chi connectivity index (χ0n) is 14.2. The Morgan fingerprint density at radius 1 is 1.04 bits per heavy atom. The Morgan fingerprint density at radius 3 is 2.52 bits per heavy atom. The van der Waals surface area contributed by atoms with Crippen molar-refractivity contribution in [3.8, 4) is 0 Å². The third-order valence-corrected chi connectivity index (χ3v) is 4.82. The van der Waals surface area contributed by atoms with Crippen molar-refractivity contribution in [2.75, 3.05) is 13.1 Å². The number of carbonyl (C=O) groups is 1. The highest BCUT2D eigenvalue weighted by Gasteiger charge is 2.22. The van der Waals surface area contributed by atoms with E-state index in [0.29, 0.717) is 5.76 Å². The second-order valence-corrected chi connectivity index (χ2v) is 6.66. The van der Waals surface area contributed by atoms with Crippen molar-refractivity contribution in [1.82, 2.24) is 10.2 Å². The fraction of sp³-hybridized carbons (Fsp3) is 0.286. The summed E-state index contributed by atoms with van der Waals surface area (Å²) in [5.74, 6) is 0.283. The smallest absolute Gasteiger partial charge is 0.287 e. The monoisotopic (exact) mass is 334 g/mol. The first-order valence-electron chi connectivity index (χ1n) is 8.84. The second-order valence-electron chi connectivity index (χ2n) is 6.66. The highest BCUT2D eigenvalue weighted by Crippen LogP contribution is 2.20. The lowest BCUT2D eigenvalue weighted by Gasteiger charge is -2.32. The average Bonchev–Trinajstić information content (AvgIpc) is 3.09. The Morgan fingerprint density at radius 2 is 1.76 bits per heavy atom. The van der Waals surface area contributed by atoms with E-state index in [0.717, 1.165) is 43.4 Å². The first-order chi connectivity index (χ1) is 12.3. The van der Waals surface area contributed by atoms with Gasteiger partial charge in [0.05, 0.1) is 0 Å². The summed E-state index contributed by atoms with van der Waals surface area (Å²) in [6, 6.07) is 20.3. The number of hydrogen-bond donors (Lipinski definition) is 1. The maximum absolute atomic E-state index is 12.4. The van der Waals surface area contributed by atoms with Gasteiger partial charge in [0, 0.05) is 31.1 Å². The van der Waals surface area contributed by atoms with E-state index < -0.39 is 0 Å². The number of rotatable bonds is 4. The SMILES string of the molecule is O=C(NC1CCN(Cc2ccccc2)CC1)c1cc2ccccc2o1. The van der Waals surface area contributed by atoms with Crippen LogP contribution in [0, 0.1) is 0 Å². The molecule has 128 valence electrons. The van der Waals surface area contributed by atoms with Crippen molar-refractivity contribution in [1.29, 1.82) is 0 Å². The Kier molecular flexibility index (Phi) is 4.53. The summed E-state index contributed by atoms with van der Waals surface area (Å²) >= 11 is 0. The molecule has 1 fully saturated rings. The van der Waals surface area contributed by atoms with Crippen molar-refractivity contribution in [3.05, 3.63) is 72.0 Å². The van der Waals surface area contributed by atoms with Gasteiger partial charge in [0.1, 0.15) is 5.58 Å². The van der Waals surface area contributed by atoms with E-state index in [1.165, 1.54) is 5.56 Å². The summed E-state index contributed by atoms with van der Waals surface area (Å²) in [6.45, 7) is 2.98. The minimum atomic E-state index is -0.113. The van der Waals surface area contributed by atoms with E-state index in [1.54, 1.807) is 0 Å². The van der Waals surface area contributed by atoms with E-state index in [-0.39, 0.29) is 11.9 Å². The summed E-state index contributed by atoms with van der Waals surface area (Å²) in [4.78, 5) is 14.9. The Labute approximate surface area is 147 Å². The molecule has 0 bridgehead atoms. The van der Waals surface area contributed by atoms with Crippen molar-refractivity contribution < 1.29 is 9.21 Å². The topological polar surface area (TPSA) is 45.5 Å². The van der Waals surface area contributed by atoms with Crippen molar-refractivity contribution >= 4 is 16.9 Å². The minimum Gasteiger partial charge on any atom is -0.451 e. The average molecular weight is 334 g/mol. The van der Waals surface area contributed by atoms with E-state index in [1.807, 2.05) is 36.4 Å². The number of benzene rings is 2. The lowest BCUT2D eigenvalue weighted by molar-refractivity contribution is 0.0883. The van der Waals surface area contributed by atoms with Gasteiger partial charge in [0.25, 0.3) is 5.91 Å². The van der Waals surface area contributed by atoms with Crippen LogP contribution in [-0.4, -0.2) is 29.9 Å². The van der Waals surface area contributed by atoms with Gasteiger partial charge in [0.15, 0.2) is 5.76 Å². The van der Waals surface area contributed by atoms with Crippen molar-refractivity contribution in [2.24, 2.45) is 0 Å². The number of piperidine rings is 1. The number of para-hydroxylation sites is 1. The fourth-order valence-corrected chi connectivity index (χ4v) is 3.43. The van der Waals surface area contributed by atoms with Crippen molar-refractivity contribution in [2.45, 2.75) is 25.4 Å². The largest absolute Gasteiger partial charge is 0.451 e. The molecular weight excluding hydrogens is 312 g/mol. The van der Waals surface area contributed by atoms with E-state index in [2.05, 4.69) is 34.5 Å². The van der Waals surface area contributed by atoms with Crippen LogP contribution in [0.4, 0.5) is 0 Å². The lowest BCUT2D eigenvalue weighted by atomic mass is 10.0. The molecule has 1 N–H and O–H groups in total. The van der Waals surface area contributed by atoms with Gasteiger partial charge in [0.2, 0.25) is 0 Å². The Bertz CT molecular complexity index is 815. The highest BCUT2D eigenvalue weighted by molar-refractivity contribution is 5.96. The van der Waals surface area contributed by atoms with Crippen molar-refractivity contribution in [3.63, 3.8) is 0 Å². The number of nitrogens with zero attached hydrogens (tertiary/aromatic N) is 1. The molecule has 4 rings (SSSR count). The summed E-state index contributed by atoms with van der Waals surface area (Å²) in [7, 11) is 0. The van der Waals surface area contributed by atoms with Crippen LogP contribution in [0.15, 0.2) is 65.1 Å². The summed E-state index contributed by atoms with van der Waals surface area (Å²) in [5, 5.41) is 4.08. The number of carbonyl (C=O) groups excluding carboxylic acids is 1. The van der Waals surface area contributed by atoms with Crippen LogP contribution in [0.25, 0.3) is 11.0 Å². The number of nitrogens with one attached hydrogen (secondary N) is 1. The van der Waals surface area contributed by atoms with Gasteiger partial charge in [-0.3, -0.25) is 9.69 Å². The highest BCUT2D eigenvalue weighted by atomic mass is 16.3. The molecule has 2 aromatic carbocycles. The molecule has 0 saturated carbocycles. The molecule has 0 spiro atoms. The van der Waals surface area contributed by atoms with E-state index >= 15 is 0 Å². The Balaban J connectivity index is 1.31. The van der Waals surface area contributed by atoms with Gasteiger partial charge in [-0.15, -0.1) is 0 Å². The molecule has 4 heteroatoms. The summed E-state index contributed by atoms with van der Waals surface area (Å²) < 4.78 is 5.65. The van der Waals surface area contributed by atoms with Crippen LogP contribution in [0.2, 0.25) is 0 Å². The lowest BCUT2D eigenvalue weighted by Crippen LogP contribution is -2.44. The van der Waals surface area contributed by atoms with Crippen LogP contribution in [-0.2, 0) is 6.54 Å². The van der Waals surface area contributed by atoms with Gasteiger partial charge in [-0.05, 0) is 30.5 Å². The molecule has 0 aliphatic carbocycles. The van der Waals surface area contributed by atoms with Crippen LogP contribution in [0.5, 0.6) is 0 Å². The van der Waals surface area contributed by atoms with Gasteiger partial charge in [-0.25, -0.2) is 0 Å². The van der Waals surface area contributed by atoms with E-state index in [9.17, 15) is 4.79 Å². The van der Waals surface area contributed by atoms with Gasteiger partial charge in [-0.1, -0.05) is 48.5 Å². The Hall–Kier alpha value is -2.59. The molecule has 0 unspecified atom stereocenters.